The summed E-state index contributed by atoms with van der Waals surface area (Å²) in [6, 6.07) is 0. The lowest BCUT2D eigenvalue weighted by Gasteiger charge is -2.35. The Morgan fingerprint density at radius 1 is 1.18 bits per heavy atom. The highest BCUT2D eigenvalue weighted by Crippen LogP contribution is 2.39. The third-order valence-corrected chi connectivity index (χ3v) is 4.41. The second-order valence-electron chi connectivity index (χ2n) is 6.52. The first kappa shape index (κ1) is 13.3. The number of ether oxygens (including phenoxy) is 1. The summed E-state index contributed by atoms with van der Waals surface area (Å²) in [5.41, 5.74) is 5.73. The summed E-state index contributed by atoms with van der Waals surface area (Å²) >= 11 is 0. The van der Waals surface area contributed by atoms with Crippen LogP contribution in [0.5, 0.6) is 0 Å². The van der Waals surface area contributed by atoms with Gasteiger partial charge in [-0.05, 0) is 49.9 Å². The minimum atomic E-state index is -0.482. The van der Waals surface area contributed by atoms with Crippen LogP contribution < -0.4 is 5.73 Å². The lowest BCUT2D eigenvalue weighted by Crippen LogP contribution is -2.51. The van der Waals surface area contributed by atoms with Crippen molar-refractivity contribution in [1.82, 2.24) is 0 Å². The maximum absolute atomic E-state index is 9.42. The first-order valence-corrected chi connectivity index (χ1v) is 7.05. The fourth-order valence-corrected chi connectivity index (χ4v) is 3.23. The molecule has 3 N–H and O–H groups in total. The Labute approximate surface area is 105 Å². The van der Waals surface area contributed by atoms with Crippen LogP contribution >= 0.6 is 0 Å². The van der Waals surface area contributed by atoms with Gasteiger partial charge in [0, 0.05) is 0 Å². The number of nitrogens with two attached hydrogens (primary N) is 1. The highest BCUT2D eigenvalue weighted by molar-refractivity contribution is 4.98. The molecule has 0 aromatic rings. The zero-order valence-corrected chi connectivity index (χ0v) is 11.2. The van der Waals surface area contributed by atoms with Crippen molar-refractivity contribution in [3.05, 3.63) is 0 Å². The third kappa shape index (κ3) is 3.43. The Kier molecular flexibility index (Phi) is 4.11. The van der Waals surface area contributed by atoms with E-state index in [1.165, 1.54) is 6.42 Å². The van der Waals surface area contributed by atoms with E-state index in [1.54, 1.807) is 0 Å². The largest absolute Gasteiger partial charge is 0.394 e. The van der Waals surface area contributed by atoms with Crippen LogP contribution in [0, 0.1) is 17.8 Å². The van der Waals surface area contributed by atoms with E-state index < -0.39 is 5.54 Å². The molecule has 0 radical (unpaired) electrons. The molecule has 3 heteroatoms. The quantitative estimate of drug-likeness (QED) is 0.773. The summed E-state index contributed by atoms with van der Waals surface area (Å²) in [5, 5.41) is 9.42. The van der Waals surface area contributed by atoms with Crippen molar-refractivity contribution in [3.8, 4) is 0 Å². The molecule has 0 aromatic heterocycles. The molecule has 17 heavy (non-hydrogen) atoms. The van der Waals surface area contributed by atoms with E-state index in [4.69, 9.17) is 10.5 Å². The molecular formula is C14H27NO2. The molecule has 2 rings (SSSR count). The van der Waals surface area contributed by atoms with Crippen molar-refractivity contribution in [1.29, 1.82) is 0 Å². The predicted molar refractivity (Wildman–Crippen MR) is 68.6 cm³/mol. The van der Waals surface area contributed by atoms with Crippen LogP contribution in [0.2, 0.25) is 0 Å². The topological polar surface area (TPSA) is 55.5 Å². The average molecular weight is 241 g/mol. The van der Waals surface area contributed by atoms with E-state index in [1.807, 2.05) is 0 Å². The fraction of sp³-hybridized carbons (Fsp3) is 1.00. The maximum atomic E-state index is 9.42. The third-order valence-electron chi connectivity index (χ3n) is 4.41. The van der Waals surface area contributed by atoms with Gasteiger partial charge in [-0.3, -0.25) is 0 Å². The molecule has 2 aliphatic carbocycles. The Bertz CT molecular complexity index is 245. The van der Waals surface area contributed by atoms with Gasteiger partial charge >= 0.3 is 0 Å². The summed E-state index contributed by atoms with van der Waals surface area (Å²) in [4.78, 5) is 0. The van der Waals surface area contributed by atoms with Gasteiger partial charge in [0.25, 0.3) is 0 Å². The molecule has 3 unspecified atom stereocenters. The van der Waals surface area contributed by atoms with Gasteiger partial charge in [0.2, 0.25) is 0 Å². The monoisotopic (exact) mass is 241 g/mol. The summed E-state index contributed by atoms with van der Waals surface area (Å²) < 4.78 is 6.00. The van der Waals surface area contributed by atoms with Crippen LogP contribution in [0.25, 0.3) is 0 Å². The Balaban J connectivity index is 1.80. The molecule has 0 heterocycles. The lowest BCUT2D eigenvalue weighted by atomic mass is 9.81. The number of aliphatic hydroxyl groups is 1. The summed E-state index contributed by atoms with van der Waals surface area (Å²) in [6.07, 6.45) is 6.26. The van der Waals surface area contributed by atoms with Gasteiger partial charge in [-0.2, -0.15) is 0 Å². The standard InChI is InChI=1S/C14H27NO2/c1-10-5-11(2)7-13(6-10)17-9-14(15,8-16)12-3-4-12/h10-13,16H,3-9,15H2,1-2H3. The SMILES string of the molecule is CC1CC(C)CC(OCC(N)(CO)C2CC2)C1. The molecule has 0 aromatic carbocycles. The molecular weight excluding hydrogens is 214 g/mol. The van der Waals surface area contributed by atoms with Gasteiger partial charge in [-0.25, -0.2) is 0 Å². The lowest BCUT2D eigenvalue weighted by molar-refractivity contribution is -0.0367. The van der Waals surface area contributed by atoms with E-state index in [-0.39, 0.29) is 6.61 Å². The first-order chi connectivity index (χ1) is 8.03. The zero-order valence-electron chi connectivity index (χ0n) is 11.2. The number of hydrogen-bond donors (Lipinski definition) is 2. The van der Waals surface area contributed by atoms with Gasteiger partial charge < -0.3 is 15.6 Å². The maximum Gasteiger partial charge on any atom is 0.0675 e. The second-order valence-corrected chi connectivity index (χ2v) is 6.52. The Morgan fingerprint density at radius 3 is 2.24 bits per heavy atom. The summed E-state index contributed by atoms with van der Waals surface area (Å²) in [6.45, 7) is 5.18. The van der Waals surface area contributed by atoms with Gasteiger partial charge in [-0.1, -0.05) is 13.8 Å². The molecule has 0 bridgehead atoms. The minimum absolute atomic E-state index is 0.0511. The zero-order chi connectivity index (χ0) is 12.5. The van der Waals surface area contributed by atoms with E-state index in [9.17, 15) is 5.11 Å². The molecule has 0 spiro atoms. The smallest absolute Gasteiger partial charge is 0.0675 e. The predicted octanol–water partition coefficient (Wildman–Crippen LogP) is 1.93. The minimum Gasteiger partial charge on any atom is -0.394 e. The van der Waals surface area contributed by atoms with Gasteiger partial charge in [0.05, 0.1) is 24.9 Å². The van der Waals surface area contributed by atoms with Crippen molar-refractivity contribution in [2.24, 2.45) is 23.5 Å². The van der Waals surface area contributed by atoms with Crippen molar-refractivity contribution >= 4 is 0 Å². The number of hydrogen-bond acceptors (Lipinski definition) is 3. The molecule has 0 saturated heterocycles. The van der Waals surface area contributed by atoms with Crippen LogP contribution in [0.3, 0.4) is 0 Å². The van der Waals surface area contributed by atoms with E-state index in [0.29, 0.717) is 18.6 Å². The molecule has 0 amide bonds. The fourth-order valence-electron chi connectivity index (χ4n) is 3.23. The first-order valence-electron chi connectivity index (χ1n) is 7.05. The molecule has 3 atom stereocenters. The Morgan fingerprint density at radius 2 is 1.76 bits per heavy atom. The Hall–Kier alpha value is -0.120. The van der Waals surface area contributed by atoms with E-state index in [2.05, 4.69) is 13.8 Å². The van der Waals surface area contributed by atoms with Crippen LogP contribution in [-0.4, -0.2) is 30.0 Å². The van der Waals surface area contributed by atoms with Crippen LogP contribution in [0.15, 0.2) is 0 Å². The van der Waals surface area contributed by atoms with Crippen molar-refractivity contribution in [3.63, 3.8) is 0 Å². The average Bonchev–Trinajstić information content (AvgIpc) is 3.08. The number of rotatable bonds is 5. The summed E-state index contributed by atoms with van der Waals surface area (Å²) in [7, 11) is 0. The van der Waals surface area contributed by atoms with Crippen LogP contribution in [0.4, 0.5) is 0 Å². The van der Waals surface area contributed by atoms with Gasteiger partial charge in [0.1, 0.15) is 0 Å². The number of aliphatic hydroxyl groups excluding tert-OH is 1. The van der Waals surface area contributed by atoms with Crippen LogP contribution in [-0.2, 0) is 4.74 Å². The van der Waals surface area contributed by atoms with Crippen molar-refractivity contribution in [2.45, 2.75) is 57.6 Å². The molecule has 0 aliphatic heterocycles. The summed E-state index contributed by atoms with van der Waals surface area (Å²) in [5.74, 6) is 1.99. The molecule has 2 aliphatic rings. The van der Waals surface area contributed by atoms with Crippen molar-refractivity contribution in [2.75, 3.05) is 13.2 Å². The molecule has 2 fully saturated rings. The van der Waals surface area contributed by atoms with Gasteiger partial charge in [0.15, 0.2) is 0 Å². The van der Waals surface area contributed by atoms with Gasteiger partial charge in [-0.15, -0.1) is 0 Å². The highest BCUT2D eigenvalue weighted by atomic mass is 16.5. The molecule has 3 nitrogen and oxygen atoms in total. The molecule has 100 valence electrons. The van der Waals surface area contributed by atoms with E-state index in [0.717, 1.165) is 37.5 Å². The van der Waals surface area contributed by atoms with Crippen molar-refractivity contribution < 1.29 is 9.84 Å². The normalized spacial score (nSPS) is 37.8. The van der Waals surface area contributed by atoms with Crippen LogP contribution in [0.1, 0.15) is 46.0 Å². The van der Waals surface area contributed by atoms with E-state index >= 15 is 0 Å². The highest BCUT2D eigenvalue weighted by Gasteiger charge is 2.42. The molecule has 2 saturated carbocycles. The second kappa shape index (κ2) is 5.25.